The van der Waals surface area contributed by atoms with E-state index in [4.69, 9.17) is 0 Å². The molecule has 5 fully saturated rings. The number of hydrogen-bond acceptors (Lipinski definition) is 2. The Morgan fingerprint density at radius 1 is 0.400 bits per heavy atom. The molecule has 0 radical (unpaired) electrons. The molecule has 276 valence electrons. The fourth-order valence-electron chi connectivity index (χ4n) is 12.2. The summed E-state index contributed by atoms with van der Waals surface area (Å²) >= 11 is 0. The molecular formula is C53H54N2. The molecule has 0 N–H and O–H groups in total. The molecule has 5 aliphatic rings. The van der Waals surface area contributed by atoms with Crippen LogP contribution in [-0.4, -0.2) is 0 Å². The molecule has 0 heterocycles. The maximum Gasteiger partial charge on any atom is 0.0461 e. The third-order valence-corrected chi connectivity index (χ3v) is 14.4. The van der Waals surface area contributed by atoms with Gasteiger partial charge in [0.05, 0.1) is 0 Å². The van der Waals surface area contributed by atoms with Gasteiger partial charge in [0.25, 0.3) is 0 Å². The summed E-state index contributed by atoms with van der Waals surface area (Å²) in [6.07, 6.45) is 13.6. The van der Waals surface area contributed by atoms with Gasteiger partial charge in [0, 0.05) is 39.5 Å². The van der Waals surface area contributed by atoms with Crippen LogP contribution in [0.15, 0.2) is 164 Å². The van der Waals surface area contributed by atoms with E-state index in [1.165, 1.54) is 109 Å². The summed E-state index contributed by atoms with van der Waals surface area (Å²) < 4.78 is 0. The largest absolute Gasteiger partial charge is 0.311 e. The van der Waals surface area contributed by atoms with Crippen LogP contribution >= 0.6 is 0 Å². The van der Waals surface area contributed by atoms with Gasteiger partial charge in [0.15, 0.2) is 0 Å². The molecule has 11 rings (SSSR count). The minimum Gasteiger partial charge on any atom is -0.311 e. The minimum absolute atomic E-state index is 0.0310. The molecule has 0 amide bonds. The van der Waals surface area contributed by atoms with Crippen LogP contribution in [0.3, 0.4) is 0 Å². The molecule has 2 unspecified atom stereocenters. The van der Waals surface area contributed by atoms with E-state index in [-0.39, 0.29) is 5.41 Å². The van der Waals surface area contributed by atoms with Gasteiger partial charge in [-0.15, -0.1) is 0 Å². The van der Waals surface area contributed by atoms with E-state index in [1.807, 2.05) is 0 Å². The number of para-hydroxylation sites is 3. The summed E-state index contributed by atoms with van der Waals surface area (Å²) in [6, 6.07) is 61.4. The number of benzene rings is 6. The monoisotopic (exact) mass is 718 g/mol. The second-order valence-electron chi connectivity index (χ2n) is 17.6. The normalized spacial score (nSPS) is 26.8. The Morgan fingerprint density at radius 3 is 1.11 bits per heavy atom. The Morgan fingerprint density at radius 2 is 0.745 bits per heavy atom. The summed E-state index contributed by atoms with van der Waals surface area (Å²) in [5.74, 6) is 3.41. The lowest BCUT2D eigenvalue weighted by atomic mass is 9.48. The Labute approximate surface area is 328 Å². The molecule has 0 aliphatic heterocycles. The zero-order valence-corrected chi connectivity index (χ0v) is 32.4. The van der Waals surface area contributed by atoms with E-state index in [1.54, 1.807) is 5.56 Å². The SMILES string of the molecule is CC1CCCCC1(c1ccc(N(c2ccccc2)c2ccccc2)cc1)c1ccc(N(c2ccccc2)c2ccc(C34CC5CC(CC(C5)C3)C4)cc2)cc1. The van der Waals surface area contributed by atoms with E-state index in [9.17, 15) is 0 Å². The molecule has 2 heteroatoms. The molecule has 0 spiro atoms. The highest BCUT2D eigenvalue weighted by atomic mass is 15.1. The first-order chi connectivity index (χ1) is 27.1. The lowest BCUT2D eigenvalue weighted by molar-refractivity contribution is -0.00518. The minimum atomic E-state index is -0.0310. The van der Waals surface area contributed by atoms with E-state index in [0.717, 1.165) is 17.8 Å². The number of hydrogen-bond donors (Lipinski definition) is 0. The molecule has 4 bridgehead atoms. The van der Waals surface area contributed by atoms with Gasteiger partial charge < -0.3 is 9.80 Å². The zero-order valence-electron chi connectivity index (χ0n) is 32.4. The molecule has 55 heavy (non-hydrogen) atoms. The Balaban J connectivity index is 0.986. The van der Waals surface area contributed by atoms with Crippen molar-refractivity contribution in [2.75, 3.05) is 9.80 Å². The Kier molecular flexibility index (Phi) is 8.89. The van der Waals surface area contributed by atoms with Crippen molar-refractivity contribution in [2.45, 2.75) is 82.0 Å². The molecule has 2 atom stereocenters. The van der Waals surface area contributed by atoms with Gasteiger partial charge in [-0.3, -0.25) is 0 Å². The van der Waals surface area contributed by atoms with Gasteiger partial charge in [-0.25, -0.2) is 0 Å². The van der Waals surface area contributed by atoms with Crippen LogP contribution in [-0.2, 0) is 10.8 Å². The third kappa shape index (κ3) is 6.19. The predicted molar refractivity (Wildman–Crippen MR) is 231 cm³/mol. The summed E-state index contributed by atoms with van der Waals surface area (Å²) in [4.78, 5) is 4.82. The predicted octanol–water partition coefficient (Wildman–Crippen LogP) is 14.6. The molecular weight excluding hydrogens is 665 g/mol. The number of rotatable bonds is 9. The van der Waals surface area contributed by atoms with Crippen LogP contribution < -0.4 is 9.80 Å². The van der Waals surface area contributed by atoms with Gasteiger partial charge in [-0.2, -0.15) is 0 Å². The lowest BCUT2D eigenvalue weighted by Gasteiger charge is -2.57. The van der Waals surface area contributed by atoms with Gasteiger partial charge in [-0.05, 0) is 170 Å². The van der Waals surface area contributed by atoms with Crippen molar-refractivity contribution in [3.05, 3.63) is 180 Å². The van der Waals surface area contributed by atoms with Crippen molar-refractivity contribution in [1.82, 2.24) is 0 Å². The van der Waals surface area contributed by atoms with Crippen LogP contribution in [0.25, 0.3) is 0 Å². The highest BCUT2D eigenvalue weighted by Gasteiger charge is 2.51. The highest BCUT2D eigenvalue weighted by Crippen LogP contribution is 2.61. The van der Waals surface area contributed by atoms with Crippen molar-refractivity contribution in [3.8, 4) is 0 Å². The summed E-state index contributed by atoms with van der Waals surface area (Å²) in [5, 5.41) is 0. The van der Waals surface area contributed by atoms with Crippen molar-refractivity contribution in [1.29, 1.82) is 0 Å². The first-order valence-electron chi connectivity index (χ1n) is 21.2. The number of anilines is 6. The van der Waals surface area contributed by atoms with Gasteiger partial charge in [0.1, 0.15) is 0 Å². The molecule has 2 nitrogen and oxygen atoms in total. The maximum absolute atomic E-state index is 2.49. The first-order valence-corrected chi connectivity index (χ1v) is 21.2. The number of nitrogens with zero attached hydrogens (tertiary/aromatic N) is 2. The van der Waals surface area contributed by atoms with Crippen molar-refractivity contribution in [3.63, 3.8) is 0 Å². The van der Waals surface area contributed by atoms with Crippen molar-refractivity contribution < 1.29 is 0 Å². The van der Waals surface area contributed by atoms with Gasteiger partial charge >= 0.3 is 0 Å². The molecule has 6 aromatic rings. The van der Waals surface area contributed by atoms with E-state index in [0.29, 0.717) is 11.3 Å². The van der Waals surface area contributed by atoms with Crippen LogP contribution in [0, 0.1) is 23.7 Å². The smallest absolute Gasteiger partial charge is 0.0461 e. The first kappa shape index (κ1) is 34.4. The average Bonchev–Trinajstić information content (AvgIpc) is 3.23. The van der Waals surface area contributed by atoms with Gasteiger partial charge in [-0.1, -0.05) is 111 Å². The maximum atomic E-state index is 2.49. The van der Waals surface area contributed by atoms with Crippen LogP contribution in [0.4, 0.5) is 34.1 Å². The summed E-state index contributed by atoms with van der Waals surface area (Å²) in [7, 11) is 0. The Bertz CT molecular complexity index is 2120. The molecule has 6 aromatic carbocycles. The second kappa shape index (κ2) is 14.2. The topological polar surface area (TPSA) is 6.48 Å². The molecule has 5 saturated carbocycles. The third-order valence-electron chi connectivity index (χ3n) is 14.4. The lowest BCUT2D eigenvalue weighted by Crippen LogP contribution is -2.48. The standard InChI is InChI=1S/C53H54N2/c1-39-13-11-12-32-53(39,44-22-28-50(29-23-44)54(46-14-5-2-6-15-46)47-16-7-3-8-17-47)45-24-30-51(31-25-45)55(48-18-9-4-10-19-48)49-26-20-43(21-27-49)52-36-40-33-41(37-52)35-42(34-40)38-52/h2-10,14-31,39-42H,11-13,32-38H2,1H3. The summed E-state index contributed by atoms with van der Waals surface area (Å²) in [5.41, 5.74) is 12.0. The van der Waals surface area contributed by atoms with E-state index >= 15 is 0 Å². The Hall–Kier alpha value is -5.08. The van der Waals surface area contributed by atoms with E-state index < -0.39 is 0 Å². The van der Waals surface area contributed by atoms with Crippen molar-refractivity contribution >= 4 is 34.1 Å². The van der Waals surface area contributed by atoms with Gasteiger partial charge in [0.2, 0.25) is 0 Å². The highest BCUT2D eigenvalue weighted by molar-refractivity contribution is 5.78. The van der Waals surface area contributed by atoms with Crippen molar-refractivity contribution in [2.24, 2.45) is 23.7 Å². The summed E-state index contributed by atoms with van der Waals surface area (Å²) in [6.45, 7) is 2.49. The quantitative estimate of drug-likeness (QED) is 0.147. The molecule has 5 aliphatic carbocycles. The molecule has 0 aromatic heterocycles. The van der Waals surface area contributed by atoms with Crippen LogP contribution in [0.2, 0.25) is 0 Å². The fourth-order valence-corrected chi connectivity index (χ4v) is 12.2. The zero-order chi connectivity index (χ0) is 36.8. The fraction of sp³-hybridized carbons (Fsp3) is 0.321. The van der Waals surface area contributed by atoms with E-state index in [2.05, 4.69) is 181 Å². The van der Waals surface area contributed by atoms with Crippen LogP contribution in [0.1, 0.15) is 87.8 Å². The van der Waals surface area contributed by atoms with Crippen LogP contribution in [0.5, 0.6) is 0 Å². The second-order valence-corrected chi connectivity index (χ2v) is 17.6. The molecule has 0 saturated heterocycles. The average molecular weight is 719 g/mol.